The van der Waals surface area contributed by atoms with Gasteiger partial charge in [0.05, 0.1) is 23.7 Å². The van der Waals surface area contributed by atoms with E-state index >= 15 is 0 Å². The Morgan fingerprint density at radius 2 is 1.42 bits per heavy atom. The van der Waals surface area contributed by atoms with Gasteiger partial charge in [-0.15, -0.1) is 0 Å². The van der Waals surface area contributed by atoms with E-state index in [1.165, 1.54) is 0 Å². The zero-order chi connectivity index (χ0) is 20.2. The molecule has 0 fully saturated rings. The number of ether oxygens (including phenoxy) is 2. The van der Waals surface area contributed by atoms with E-state index in [4.69, 9.17) is 4.74 Å². The summed E-state index contributed by atoms with van der Waals surface area (Å²) in [5, 5.41) is 0. The Kier molecular flexibility index (Phi) is 7.38. The summed E-state index contributed by atoms with van der Waals surface area (Å²) in [4.78, 5) is 12.2. The Hall–Kier alpha value is -1.89. The molecule has 7 heteroatoms. The molecule has 0 heterocycles. The molecule has 1 aromatic rings. The number of benzene rings is 1. The third kappa shape index (κ3) is 4.84. The number of hydrogen-bond acceptors (Lipinski definition) is 3. The minimum atomic E-state index is -1.60. The molecule has 0 aromatic heterocycles. The highest BCUT2D eigenvalue weighted by Gasteiger charge is 2.32. The van der Waals surface area contributed by atoms with Crippen molar-refractivity contribution in [1.29, 1.82) is 0 Å². The molecule has 1 unspecified atom stereocenters. The molecule has 3 nitrogen and oxygen atoms in total. The average Bonchev–Trinajstić information content (AvgIpc) is 2.54. The van der Waals surface area contributed by atoms with Crippen LogP contribution in [0.3, 0.4) is 0 Å². The highest BCUT2D eigenvalue weighted by atomic mass is 19.2. The summed E-state index contributed by atoms with van der Waals surface area (Å²) >= 11 is 0. The molecule has 26 heavy (non-hydrogen) atoms. The van der Waals surface area contributed by atoms with Crippen molar-refractivity contribution in [2.24, 2.45) is 11.3 Å². The summed E-state index contributed by atoms with van der Waals surface area (Å²) in [5.74, 6) is -7.68. The minimum Gasteiger partial charge on any atom is -0.460 e. The van der Waals surface area contributed by atoms with Gasteiger partial charge in [0.2, 0.25) is 0 Å². The van der Waals surface area contributed by atoms with E-state index in [1.807, 2.05) is 33.8 Å². The second-order valence-electron chi connectivity index (χ2n) is 7.02. The molecule has 0 saturated carbocycles. The molecule has 0 bridgehead atoms. The van der Waals surface area contributed by atoms with Gasteiger partial charge in [0.25, 0.3) is 0 Å². The average molecular weight is 376 g/mol. The Morgan fingerprint density at radius 3 is 1.81 bits per heavy atom. The van der Waals surface area contributed by atoms with Gasteiger partial charge in [-0.2, -0.15) is 0 Å². The van der Waals surface area contributed by atoms with Gasteiger partial charge in [0.1, 0.15) is 6.61 Å². The van der Waals surface area contributed by atoms with Crippen molar-refractivity contribution in [2.45, 2.75) is 47.8 Å². The van der Waals surface area contributed by atoms with Crippen LogP contribution in [0.25, 0.3) is 0 Å². The molecule has 0 radical (unpaired) electrons. The van der Waals surface area contributed by atoms with Gasteiger partial charge >= 0.3 is 5.97 Å². The van der Waals surface area contributed by atoms with Gasteiger partial charge in [0, 0.05) is 7.11 Å². The third-order valence-corrected chi connectivity index (χ3v) is 4.22. The lowest BCUT2D eigenvalue weighted by atomic mass is 9.79. The fraction of sp³-hybridized carbons (Fsp3) is 0.526. The quantitative estimate of drug-likeness (QED) is 0.289. The molecule has 0 spiro atoms. The summed E-state index contributed by atoms with van der Waals surface area (Å²) < 4.78 is 65.3. The smallest absolute Gasteiger partial charge is 0.309 e. The number of carbonyl (C=O) groups excluding carboxylic acids is 1. The van der Waals surface area contributed by atoms with Gasteiger partial charge in [-0.1, -0.05) is 32.4 Å². The zero-order valence-corrected chi connectivity index (χ0v) is 15.8. The van der Waals surface area contributed by atoms with E-state index in [0.717, 1.165) is 12.7 Å². The number of rotatable bonds is 7. The third-order valence-electron chi connectivity index (χ3n) is 4.22. The van der Waals surface area contributed by atoms with Crippen molar-refractivity contribution < 1.29 is 31.8 Å². The van der Waals surface area contributed by atoms with Crippen LogP contribution in [0.4, 0.5) is 17.6 Å². The Balaban J connectivity index is 3.04. The van der Waals surface area contributed by atoms with Gasteiger partial charge in [-0.05, 0) is 19.3 Å². The highest BCUT2D eigenvalue weighted by molar-refractivity contribution is 5.73. The molecule has 0 aliphatic rings. The summed E-state index contributed by atoms with van der Waals surface area (Å²) in [6, 6.07) is 0. The number of methoxy groups -OCH3 is 1. The topological polar surface area (TPSA) is 35.5 Å². The summed E-state index contributed by atoms with van der Waals surface area (Å²) in [7, 11) is 1.14. The Morgan fingerprint density at radius 1 is 1.00 bits per heavy atom. The molecule has 0 aliphatic heterocycles. The lowest BCUT2D eigenvalue weighted by molar-refractivity contribution is -0.152. The molecule has 1 aromatic carbocycles. The standard InChI is InChI=1S/C19H24F4O3/c1-10(2)7-19(4,5)11(3)18(24)26-9-13-16(22)14(20)12(8-25-6)15(21)17(13)23/h7,11H,8-9H2,1-6H3. The van der Waals surface area contributed by atoms with Crippen LogP contribution in [0.15, 0.2) is 11.6 Å². The van der Waals surface area contributed by atoms with Crippen molar-refractivity contribution in [3.8, 4) is 0 Å². The van der Waals surface area contributed by atoms with Crippen molar-refractivity contribution in [1.82, 2.24) is 0 Å². The maximum absolute atomic E-state index is 14.0. The molecule has 146 valence electrons. The normalized spacial score (nSPS) is 12.7. The van der Waals surface area contributed by atoms with E-state index < -0.39 is 64.9 Å². The fourth-order valence-corrected chi connectivity index (χ4v) is 2.56. The first-order chi connectivity index (χ1) is 11.9. The lowest BCUT2D eigenvalue weighted by Crippen LogP contribution is -2.29. The van der Waals surface area contributed by atoms with Crippen LogP contribution < -0.4 is 0 Å². The number of esters is 1. The molecule has 0 N–H and O–H groups in total. The van der Waals surface area contributed by atoms with Crippen LogP contribution in [0.2, 0.25) is 0 Å². The lowest BCUT2D eigenvalue weighted by Gasteiger charge is -2.27. The van der Waals surface area contributed by atoms with Crippen LogP contribution >= 0.6 is 0 Å². The fourth-order valence-electron chi connectivity index (χ4n) is 2.56. The first-order valence-corrected chi connectivity index (χ1v) is 8.09. The van der Waals surface area contributed by atoms with Crippen LogP contribution in [-0.4, -0.2) is 13.1 Å². The number of allylic oxidation sites excluding steroid dienone is 2. The SMILES string of the molecule is COCc1c(F)c(F)c(COC(=O)C(C)C(C)(C)C=C(C)C)c(F)c1F. The van der Waals surface area contributed by atoms with Crippen molar-refractivity contribution in [3.63, 3.8) is 0 Å². The van der Waals surface area contributed by atoms with Gasteiger partial charge < -0.3 is 9.47 Å². The maximum atomic E-state index is 14.0. The van der Waals surface area contributed by atoms with Crippen LogP contribution in [0.1, 0.15) is 45.7 Å². The molecule has 0 aliphatic carbocycles. The largest absolute Gasteiger partial charge is 0.460 e. The van der Waals surface area contributed by atoms with Gasteiger partial charge in [0.15, 0.2) is 23.3 Å². The van der Waals surface area contributed by atoms with E-state index in [2.05, 4.69) is 4.74 Å². The van der Waals surface area contributed by atoms with Gasteiger partial charge in [-0.25, -0.2) is 17.6 Å². The summed E-state index contributed by atoms with van der Waals surface area (Å²) in [6.45, 7) is 7.44. The molecule has 1 rings (SSSR count). The Bertz CT molecular complexity index is 678. The van der Waals surface area contributed by atoms with E-state index in [-0.39, 0.29) is 0 Å². The minimum absolute atomic E-state index is 0.564. The molecule has 1 atom stereocenters. The monoisotopic (exact) mass is 376 g/mol. The van der Waals surface area contributed by atoms with E-state index in [0.29, 0.717) is 0 Å². The predicted molar refractivity (Wildman–Crippen MR) is 89.2 cm³/mol. The zero-order valence-electron chi connectivity index (χ0n) is 15.8. The van der Waals surface area contributed by atoms with Crippen molar-refractivity contribution in [3.05, 3.63) is 46.0 Å². The first kappa shape index (κ1) is 22.2. The Labute approximate surface area is 151 Å². The van der Waals surface area contributed by atoms with Crippen molar-refractivity contribution >= 4 is 5.97 Å². The molecular formula is C19H24F4O3. The van der Waals surface area contributed by atoms with Crippen LogP contribution in [0, 0.1) is 34.6 Å². The number of carbonyl (C=O) groups is 1. The van der Waals surface area contributed by atoms with Crippen molar-refractivity contribution in [2.75, 3.05) is 7.11 Å². The van der Waals surface area contributed by atoms with E-state index in [9.17, 15) is 22.4 Å². The predicted octanol–water partition coefficient (Wildman–Crippen LogP) is 5.06. The summed E-state index contributed by atoms with van der Waals surface area (Å²) in [6.07, 6.45) is 1.87. The molecule has 0 saturated heterocycles. The second-order valence-corrected chi connectivity index (χ2v) is 7.02. The van der Waals surface area contributed by atoms with Crippen LogP contribution in [0.5, 0.6) is 0 Å². The molecular weight excluding hydrogens is 352 g/mol. The van der Waals surface area contributed by atoms with Gasteiger partial charge in [-0.3, -0.25) is 4.79 Å². The van der Waals surface area contributed by atoms with Crippen LogP contribution in [-0.2, 0) is 27.5 Å². The highest BCUT2D eigenvalue weighted by Crippen LogP contribution is 2.31. The molecule has 0 amide bonds. The first-order valence-electron chi connectivity index (χ1n) is 8.09. The summed E-state index contributed by atoms with van der Waals surface area (Å²) in [5.41, 5.74) is -1.40. The van der Waals surface area contributed by atoms with E-state index in [1.54, 1.807) is 6.92 Å². The maximum Gasteiger partial charge on any atom is 0.309 e. The number of halogens is 4. The number of hydrogen-bond donors (Lipinski definition) is 0. The second kappa shape index (κ2) is 8.66.